The van der Waals surface area contributed by atoms with Crippen molar-refractivity contribution in [1.29, 1.82) is 0 Å². The molecule has 0 saturated carbocycles. The average molecular weight is 354 g/mol. The van der Waals surface area contributed by atoms with E-state index < -0.39 is 0 Å². The molecule has 2 heterocycles. The molecule has 0 radical (unpaired) electrons. The molecule has 1 atom stereocenters. The predicted octanol–water partition coefficient (Wildman–Crippen LogP) is 5.01. The largest absolute Gasteiger partial charge is 0.459 e. The summed E-state index contributed by atoms with van der Waals surface area (Å²) in [6.07, 6.45) is 0. The first-order chi connectivity index (χ1) is 9.58. The average Bonchev–Trinajstić information content (AvgIpc) is 2.95. The molecule has 104 valence electrons. The van der Waals surface area contributed by atoms with Gasteiger partial charge in [-0.2, -0.15) is 0 Å². The van der Waals surface area contributed by atoms with Gasteiger partial charge in [-0.3, -0.25) is 0 Å². The van der Waals surface area contributed by atoms with Gasteiger partial charge < -0.3 is 9.73 Å². The second-order valence-electron chi connectivity index (χ2n) is 4.66. The van der Waals surface area contributed by atoms with Crippen molar-refractivity contribution in [3.63, 3.8) is 0 Å². The lowest BCUT2D eigenvalue weighted by molar-refractivity contribution is 0.495. The molecule has 1 unspecified atom stereocenters. The van der Waals surface area contributed by atoms with E-state index in [1.807, 2.05) is 13.1 Å². The predicted molar refractivity (Wildman–Crippen MR) is 83.8 cm³/mol. The summed E-state index contributed by atoms with van der Waals surface area (Å²) in [5, 5.41) is 4.04. The van der Waals surface area contributed by atoms with Crippen molar-refractivity contribution in [2.75, 3.05) is 7.05 Å². The number of fused-ring (bicyclic) bond motifs is 1. The molecule has 0 aliphatic heterocycles. The van der Waals surface area contributed by atoms with Crippen molar-refractivity contribution in [2.24, 2.45) is 0 Å². The molecule has 2 nitrogen and oxygen atoms in total. The highest BCUT2D eigenvalue weighted by atomic mass is 79.9. The third kappa shape index (κ3) is 2.41. The summed E-state index contributed by atoms with van der Waals surface area (Å²) >= 11 is 5.22. The summed E-state index contributed by atoms with van der Waals surface area (Å²) in [6.45, 7) is 2.06. The summed E-state index contributed by atoms with van der Waals surface area (Å²) in [5.41, 5.74) is 1.90. The van der Waals surface area contributed by atoms with Crippen LogP contribution in [0.4, 0.5) is 4.39 Å². The summed E-state index contributed by atoms with van der Waals surface area (Å²) in [7, 11) is 1.89. The van der Waals surface area contributed by atoms with Crippen LogP contribution >= 0.6 is 27.3 Å². The van der Waals surface area contributed by atoms with Crippen LogP contribution in [0, 0.1) is 12.7 Å². The molecule has 1 N–H and O–H groups in total. The van der Waals surface area contributed by atoms with Gasteiger partial charge in [-0.05, 0) is 65.8 Å². The van der Waals surface area contributed by atoms with Crippen LogP contribution in [0.2, 0.25) is 0 Å². The zero-order chi connectivity index (χ0) is 14.3. The Kier molecular flexibility index (Phi) is 3.67. The van der Waals surface area contributed by atoms with Crippen LogP contribution in [0.3, 0.4) is 0 Å². The van der Waals surface area contributed by atoms with E-state index in [9.17, 15) is 4.39 Å². The Balaban J connectivity index is 2.06. The number of hydrogen-bond acceptors (Lipinski definition) is 3. The van der Waals surface area contributed by atoms with Gasteiger partial charge >= 0.3 is 0 Å². The molecule has 1 aromatic carbocycles. The molecular weight excluding hydrogens is 341 g/mol. The third-order valence-electron chi connectivity index (χ3n) is 3.23. The van der Waals surface area contributed by atoms with Crippen molar-refractivity contribution in [1.82, 2.24) is 5.32 Å². The topological polar surface area (TPSA) is 25.2 Å². The van der Waals surface area contributed by atoms with Crippen LogP contribution in [0.1, 0.15) is 22.2 Å². The number of benzene rings is 1. The first kappa shape index (κ1) is 13.8. The Hall–Kier alpha value is -1.17. The van der Waals surface area contributed by atoms with Gasteiger partial charge in [-0.1, -0.05) is 0 Å². The molecule has 3 aromatic rings. The molecule has 0 bridgehead atoms. The van der Waals surface area contributed by atoms with E-state index in [0.29, 0.717) is 5.58 Å². The molecule has 2 aromatic heterocycles. The van der Waals surface area contributed by atoms with Crippen LogP contribution < -0.4 is 5.32 Å². The molecule has 0 fully saturated rings. The van der Waals surface area contributed by atoms with Crippen LogP contribution in [0.25, 0.3) is 11.0 Å². The van der Waals surface area contributed by atoms with Crippen LogP contribution in [-0.2, 0) is 0 Å². The summed E-state index contributed by atoms with van der Waals surface area (Å²) < 4.78 is 20.2. The van der Waals surface area contributed by atoms with Gasteiger partial charge in [0, 0.05) is 10.3 Å². The van der Waals surface area contributed by atoms with E-state index in [4.69, 9.17) is 4.42 Å². The molecule has 0 aliphatic rings. The van der Waals surface area contributed by atoms with E-state index in [2.05, 4.69) is 34.2 Å². The first-order valence-electron chi connectivity index (χ1n) is 6.20. The number of hydrogen-bond donors (Lipinski definition) is 1. The van der Waals surface area contributed by atoms with Gasteiger partial charge in [0.05, 0.1) is 3.79 Å². The van der Waals surface area contributed by atoms with Crippen LogP contribution in [0.5, 0.6) is 0 Å². The number of aryl methyl sites for hydroxylation is 1. The fraction of sp³-hybridized carbons (Fsp3) is 0.200. The van der Waals surface area contributed by atoms with Gasteiger partial charge in [0.2, 0.25) is 0 Å². The highest BCUT2D eigenvalue weighted by molar-refractivity contribution is 9.11. The lowest BCUT2D eigenvalue weighted by Crippen LogP contribution is -2.15. The molecule has 0 spiro atoms. The van der Waals surface area contributed by atoms with E-state index in [-0.39, 0.29) is 11.9 Å². The third-order valence-corrected chi connectivity index (χ3v) is 5.43. The minimum atomic E-state index is -0.249. The second-order valence-corrected chi connectivity index (χ2v) is 7.06. The Bertz CT molecular complexity index is 745. The Morgan fingerprint density at radius 3 is 2.75 bits per heavy atom. The molecule has 5 heteroatoms. The lowest BCUT2D eigenvalue weighted by atomic mass is 10.1. The molecule has 0 amide bonds. The van der Waals surface area contributed by atoms with Gasteiger partial charge in [0.1, 0.15) is 23.2 Å². The number of thiophene rings is 1. The van der Waals surface area contributed by atoms with Crippen LogP contribution in [0.15, 0.2) is 38.5 Å². The molecule has 0 saturated heterocycles. The zero-order valence-corrected chi connectivity index (χ0v) is 13.4. The maximum Gasteiger partial charge on any atom is 0.134 e. The molecule has 3 rings (SSSR count). The van der Waals surface area contributed by atoms with Crippen molar-refractivity contribution < 1.29 is 8.81 Å². The number of rotatable bonds is 3. The van der Waals surface area contributed by atoms with E-state index in [0.717, 1.165) is 19.8 Å². The van der Waals surface area contributed by atoms with Crippen molar-refractivity contribution in [3.05, 3.63) is 56.1 Å². The Morgan fingerprint density at radius 1 is 1.30 bits per heavy atom. The number of furan rings is 1. The van der Waals surface area contributed by atoms with E-state index in [1.165, 1.54) is 17.7 Å². The van der Waals surface area contributed by atoms with Crippen molar-refractivity contribution >= 4 is 38.2 Å². The monoisotopic (exact) mass is 353 g/mol. The minimum absolute atomic E-state index is 0.0274. The molecule has 0 aliphatic carbocycles. The normalized spacial score (nSPS) is 13.0. The van der Waals surface area contributed by atoms with Crippen LogP contribution in [-0.4, -0.2) is 7.05 Å². The Morgan fingerprint density at radius 2 is 2.10 bits per heavy atom. The molecule has 20 heavy (non-hydrogen) atoms. The fourth-order valence-electron chi connectivity index (χ4n) is 2.23. The zero-order valence-electron chi connectivity index (χ0n) is 11.0. The maximum atomic E-state index is 13.2. The first-order valence-corrected chi connectivity index (χ1v) is 7.81. The lowest BCUT2D eigenvalue weighted by Gasteiger charge is -2.10. The van der Waals surface area contributed by atoms with Gasteiger partial charge in [-0.15, -0.1) is 11.3 Å². The summed E-state index contributed by atoms with van der Waals surface area (Å²) in [5.74, 6) is 0.544. The SMILES string of the molecule is CNC(c1cc2cc(F)ccc2o1)c1cc(C)c(Br)s1. The summed E-state index contributed by atoms with van der Waals surface area (Å²) in [4.78, 5) is 1.16. The molecular formula is C15H13BrFNOS. The highest BCUT2D eigenvalue weighted by Gasteiger charge is 2.19. The van der Waals surface area contributed by atoms with E-state index in [1.54, 1.807) is 17.4 Å². The van der Waals surface area contributed by atoms with Crippen molar-refractivity contribution in [3.8, 4) is 0 Å². The summed E-state index contributed by atoms with van der Waals surface area (Å²) in [6, 6.07) is 8.56. The van der Waals surface area contributed by atoms with Gasteiger partial charge in [-0.25, -0.2) is 4.39 Å². The number of nitrogens with one attached hydrogen (secondary N) is 1. The minimum Gasteiger partial charge on any atom is -0.459 e. The maximum absolute atomic E-state index is 13.2. The number of halogens is 2. The van der Waals surface area contributed by atoms with Gasteiger partial charge in [0.15, 0.2) is 0 Å². The van der Waals surface area contributed by atoms with E-state index >= 15 is 0 Å². The quantitative estimate of drug-likeness (QED) is 0.715. The van der Waals surface area contributed by atoms with Crippen molar-refractivity contribution in [2.45, 2.75) is 13.0 Å². The highest BCUT2D eigenvalue weighted by Crippen LogP contribution is 2.36. The standard InChI is InChI=1S/C15H13BrFNOS/c1-8-5-13(20-15(8)16)14(18-2)12-7-9-6-10(17)3-4-11(9)19-12/h3-7,14,18H,1-2H3. The van der Waals surface area contributed by atoms with Gasteiger partial charge in [0.25, 0.3) is 0 Å². The second kappa shape index (κ2) is 5.31. The Labute approximate surface area is 128 Å². The fourth-order valence-corrected chi connectivity index (χ4v) is 3.92. The smallest absolute Gasteiger partial charge is 0.134 e.